The van der Waals surface area contributed by atoms with Crippen LogP contribution < -0.4 is 16.4 Å². The van der Waals surface area contributed by atoms with Crippen LogP contribution in [0, 0.1) is 17.8 Å². The fourth-order valence-corrected chi connectivity index (χ4v) is 8.84. The fraction of sp³-hybridized carbons (Fsp3) is 0.606. The third-order valence-electron chi connectivity index (χ3n) is 10.5. The first-order chi connectivity index (χ1) is 22.5. The van der Waals surface area contributed by atoms with Crippen molar-refractivity contribution in [2.24, 2.45) is 17.8 Å². The summed E-state index contributed by atoms with van der Waals surface area (Å²) in [7, 11) is 0. The van der Waals surface area contributed by atoms with Crippen LogP contribution in [0.1, 0.15) is 60.9 Å². The van der Waals surface area contributed by atoms with Gasteiger partial charge in [0.2, 0.25) is 11.8 Å². The molecule has 4 aliphatic heterocycles. The van der Waals surface area contributed by atoms with Crippen LogP contribution in [0.15, 0.2) is 23.6 Å². The highest BCUT2D eigenvalue weighted by Gasteiger charge is 2.38. The van der Waals surface area contributed by atoms with Gasteiger partial charge < -0.3 is 31.1 Å². The molecule has 256 valence electrons. The van der Waals surface area contributed by atoms with Crippen LogP contribution in [0.2, 0.25) is 5.02 Å². The minimum absolute atomic E-state index is 0.0225. The third kappa shape index (κ3) is 7.67. The number of thiophene rings is 1. The Balaban J connectivity index is 1.13. The summed E-state index contributed by atoms with van der Waals surface area (Å²) >= 11 is 7.73. The second kappa shape index (κ2) is 14.2. The van der Waals surface area contributed by atoms with Crippen LogP contribution in [-0.4, -0.2) is 77.9 Å². The van der Waals surface area contributed by atoms with Gasteiger partial charge in [-0.05, 0) is 99.0 Å². The molecule has 0 bridgehead atoms. The van der Waals surface area contributed by atoms with Crippen molar-refractivity contribution >= 4 is 52.2 Å². The molecule has 0 aliphatic carbocycles. The lowest BCUT2D eigenvalue weighted by Gasteiger charge is -2.40. The Morgan fingerprint density at radius 3 is 2.34 bits per heavy atom. The Kier molecular flexibility index (Phi) is 10.2. The highest BCUT2D eigenvalue weighted by molar-refractivity contribution is 7.10. The molecule has 0 spiro atoms. The fourth-order valence-electron chi connectivity index (χ4n) is 7.77. The van der Waals surface area contributed by atoms with Crippen molar-refractivity contribution in [2.45, 2.75) is 70.1 Å². The molecular formula is C33H42ClF3N6O3S. The number of alkyl halides is 3. The van der Waals surface area contributed by atoms with E-state index in [9.17, 15) is 27.6 Å². The summed E-state index contributed by atoms with van der Waals surface area (Å²) in [6.45, 7) is 4.56. The maximum Gasteiger partial charge on any atom is 0.418 e. The monoisotopic (exact) mass is 694 g/mol. The molecule has 5 heterocycles. The topological polar surface area (TPSA) is 111 Å². The van der Waals surface area contributed by atoms with Gasteiger partial charge in [-0.2, -0.15) is 13.2 Å². The van der Waals surface area contributed by atoms with Gasteiger partial charge in [-0.25, -0.2) is 4.79 Å². The van der Waals surface area contributed by atoms with E-state index >= 15 is 0 Å². The highest BCUT2D eigenvalue weighted by atomic mass is 35.5. The molecule has 1 aromatic heterocycles. The lowest BCUT2D eigenvalue weighted by atomic mass is 9.79. The normalized spacial score (nSPS) is 21.0. The van der Waals surface area contributed by atoms with E-state index in [-0.39, 0.29) is 47.3 Å². The van der Waals surface area contributed by atoms with Crippen molar-refractivity contribution in [2.75, 3.05) is 50.3 Å². The van der Waals surface area contributed by atoms with Crippen molar-refractivity contribution in [1.82, 2.24) is 20.0 Å². The van der Waals surface area contributed by atoms with Crippen LogP contribution in [0.5, 0.6) is 0 Å². The quantitative estimate of drug-likeness (QED) is 0.316. The number of hydrogen-bond acceptors (Lipinski definition) is 6. The average Bonchev–Trinajstić information content (AvgIpc) is 3.52. The Labute approximate surface area is 282 Å². The second-order valence-corrected chi connectivity index (χ2v) is 14.7. The zero-order valence-electron chi connectivity index (χ0n) is 26.3. The Hall–Kier alpha value is -3.03. The largest absolute Gasteiger partial charge is 0.418 e. The molecule has 3 fully saturated rings. The van der Waals surface area contributed by atoms with E-state index in [1.165, 1.54) is 6.07 Å². The summed E-state index contributed by atoms with van der Waals surface area (Å²) in [5, 5.41) is 8.06. The van der Waals surface area contributed by atoms with E-state index in [0.717, 1.165) is 55.4 Å². The number of nitrogens with zero attached hydrogens (tertiary/aromatic N) is 3. The molecule has 0 unspecified atom stereocenters. The number of amides is 4. The number of nitrogen functional groups attached to an aromatic ring is 1. The number of benzene rings is 1. The second-order valence-electron chi connectivity index (χ2n) is 13.3. The van der Waals surface area contributed by atoms with Crippen LogP contribution in [-0.2, 0) is 28.7 Å². The van der Waals surface area contributed by atoms with E-state index in [1.807, 2.05) is 16.3 Å². The van der Waals surface area contributed by atoms with Crippen molar-refractivity contribution in [3.05, 3.63) is 44.6 Å². The van der Waals surface area contributed by atoms with E-state index < -0.39 is 23.3 Å². The molecule has 47 heavy (non-hydrogen) atoms. The summed E-state index contributed by atoms with van der Waals surface area (Å²) in [6, 6.07) is 4.05. The molecule has 1 atom stereocenters. The summed E-state index contributed by atoms with van der Waals surface area (Å²) in [5.74, 6) is -0.0968. The number of piperidine rings is 3. The van der Waals surface area contributed by atoms with Gasteiger partial charge >= 0.3 is 12.2 Å². The van der Waals surface area contributed by atoms with E-state index in [1.54, 1.807) is 21.1 Å². The maximum absolute atomic E-state index is 14.0. The number of likely N-dealkylation sites (tertiary alicyclic amines) is 2. The Morgan fingerprint density at radius 1 is 1.00 bits per heavy atom. The summed E-state index contributed by atoms with van der Waals surface area (Å²) < 4.78 is 41.3. The third-order valence-corrected chi connectivity index (χ3v) is 11.7. The lowest BCUT2D eigenvalue weighted by Crippen LogP contribution is -2.51. The van der Waals surface area contributed by atoms with Crippen molar-refractivity contribution in [1.29, 1.82) is 0 Å². The van der Waals surface area contributed by atoms with Crippen LogP contribution in [0.4, 0.5) is 29.3 Å². The van der Waals surface area contributed by atoms with Gasteiger partial charge in [0.15, 0.2) is 0 Å². The Morgan fingerprint density at radius 2 is 1.66 bits per heavy atom. The van der Waals surface area contributed by atoms with E-state index in [0.29, 0.717) is 57.4 Å². The average molecular weight is 695 g/mol. The smallest absolute Gasteiger partial charge is 0.397 e. The molecule has 3 saturated heterocycles. The molecule has 4 N–H and O–H groups in total. The predicted octanol–water partition coefficient (Wildman–Crippen LogP) is 5.83. The highest BCUT2D eigenvalue weighted by Crippen LogP contribution is 2.39. The van der Waals surface area contributed by atoms with Crippen molar-refractivity contribution < 1.29 is 27.6 Å². The molecule has 4 amide bonds. The van der Waals surface area contributed by atoms with Crippen LogP contribution in [0.25, 0.3) is 0 Å². The van der Waals surface area contributed by atoms with Gasteiger partial charge in [-0.1, -0.05) is 11.6 Å². The van der Waals surface area contributed by atoms with E-state index in [2.05, 4.69) is 10.6 Å². The minimum Gasteiger partial charge on any atom is -0.397 e. The zero-order valence-corrected chi connectivity index (χ0v) is 27.9. The van der Waals surface area contributed by atoms with Crippen molar-refractivity contribution in [3.63, 3.8) is 0 Å². The molecule has 1 aromatic carbocycles. The van der Waals surface area contributed by atoms with Gasteiger partial charge in [-0.3, -0.25) is 9.59 Å². The molecule has 2 aromatic rings. The maximum atomic E-state index is 14.0. The molecular weight excluding hydrogens is 653 g/mol. The SMILES string of the molecule is Nc1c(Cl)cc(C[C@@H](CC(=O)N2CCC(N3Cc4sccc4NC3=O)CC2)C(=O)N2CCC(C3CCNCC3)CC2)cc1C(F)(F)F. The Bertz CT molecular complexity index is 1470. The molecule has 14 heteroatoms. The number of rotatable bonds is 7. The molecule has 4 aliphatic rings. The standard InChI is InChI=1S/C33H42ClF3N6O3S/c34-26-17-20(16-25(30(26)38)33(35,36)37)15-23(31(45)42-10-3-22(4-11-42)21-1-8-39-9-2-21)18-29(44)41-12-5-24(6-13-41)43-19-28-27(7-14-47-28)40-32(43)46/h7,14,16-17,21-24,39H,1-6,8-13,15,18-19,38H2,(H,40,46)/t23-/m0/s1. The lowest BCUT2D eigenvalue weighted by molar-refractivity contribution is -0.143. The number of urea groups is 1. The first-order valence-corrected chi connectivity index (χ1v) is 17.8. The number of nitrogens with one attached hydrogen (secondary N) is 2. The summed E-state index contributed by atoms with van der Waals surface area (Å²) in [4.78, 5) is 46.9. The van der Waals surface area contributed by atoms with Gasteiger partial charge in [-0.15, -0.1) is 11.3 Å². The summed E-state index contributed by atoms with van der Waals surface area (Å²) in [5.41, 5.74) is 5.14. The van der Waals surface area contributed by atoms with Crippen molar-refractivity contribution in [3.8, 4) is 0 Å². The van der Waals surface area contributed by atoms with E-state index in [4.69, 9.17) is 17.3 Å². The first kappa shape index (κ1) is 33.9. The number of carbonyl (C=O) groups excluding carboxylic acids is 3. The number of carbonyl (C=O) groups is 3. The van der Waals surface area contributed by atoms with Crippen LogP contribution in [0.3, 0.4) is 0 Å². The molecule has 9 nitrogen and oxygen atoms in total. The minimum atomic E-state index is -4.71. The zero-order chi connectivity index (χ0) is 33.3. The number of hydrogen-bond donors (Lipinski definition) is 3. The molecule has 6 rings (SSSR count). The molecule has 0 radical (unpaired) electrons. The first-order valence-electron chi connectivity index (χ1n) is 16.5. The number of halogens is 4. The number of fused-ring (bicyclic) bond motifs is 1. The molecule has 0 saturated carbocycles. The van der Waals surface area contributed by atoms with Gasteiger partial charge in [0.1, 0.15) is 0 Å². The number of nitrogens with two attached hydrogens (primary N) is 1. The summed E-state index contributed by atoms with van der Waals surface area (Å²) in [6.07, 6.45) is 0.333. The van der Waals surface area contributed by atoms with Gasteiger partial charge in [0.25, 0.3) is 0 Å². The van der Waals surface area contributed by atoms with Gasteiger partial charge in [0, 0.05) is 43.5 Å². The van der Waals surface area contributed by atoms with Crippen LogP contribution >= 0.6 is 22.9 Å². The van der Waals surface area contributed by atoms with Gasteiger partial charge in [0.05, 0.1) is 34.4 Å². The predicted molar refractivity (Wildman–Crippen MR) is 176 cm³/mol. The number of anilines is 2.